The summed E-state index contributed by atoms with van der Waals surface area (Å²) in [6, 6.07) is 30.6. The number of non-ortho nitro benzene ring substituents is 1. The van der Waals surface area contributed by atoms with Gasteiger partial charge >= 0.3 is 5.97 Å². The highest BCUT2D eigenvalue weighted by molar-refractivity contribution is 5.82. The number of anilines is 1. The summed E-state index contributed by atoms with van der Waals surface area (Å²) in [5, 5.41) is 23.5. The van der Waals surface area contributed by atoms with Crippen LogP contribution in [0.2, 0.25) is 0 Å². The normalized spacial score (nSPS) is 19.8. The first-order valence-corrected chi connectivity index (χ1v) is 17.5. The summed E-state index contributed by atoms with van der Waals surface area (Å²) in [5.74, 6) is -0.872. The predicted molar refractivity (Wildman–Crippen MR) is 195 cm³/mol. The van der Waals surface area contributed by atoms with E-state index in [4.69, 9.17) is 14.2 Å². The molecule has 4 atom stereocenters. The van der Waals surface area contributed by atoms with Crippen LogP contribution in [0.3, 0.4) is 0 Å². The largest absolute Gasteiger partial charge is 0.453 e. The lowest BCUT2D eigenvalue weighted by Gasteiger charge is -2.41. The van der Waals surface area contributed by atoms with Crippen LogP contribution in [0.25, 0.3) is 11.1 Å². The van der Waals surface area contributed by atoms with Gasteiger partial charge in [0.05, 0.1) is 23.7 Å². The van der Waals surface area contributed by atoms with Gasteiger partial charge in [-0.2, -0.15) is 0 Å². The molecule has 2 aliphatic heterocycles. The Bertz CT molecular complexity index is 1840. The molecule has 2 saturated heterocycles. The summed E-state index contributed by atoms with van der Waals surface area (Å²) in [6.07, 6.45) is -1.16. The highest BCUT2D eigenvalue weighted by atomic mass is 16.7. The number of aliphatic hydroxyl groups excluding tert-OH is 1. The molecular weight excluding hydrogens is 664 g/mol. The maximum absolute atomic E-state index is 12.4. The molecule has 2 fully saturated rings. The topological polar surface area (TPSA) is 144 Å². The number of nitrogens with zero attached hydrogens (tertiary/aromatic N) is 3. The van der Waals surface area contributed by atoms with Gasteiger partial charge in [0.15, 0.2) is 12.4 Å². The van der Waals surface area contributed by atoms with E-state index in [2.05, 4.69) is 21.2 Å². The molecule has 0 aromatic heterocycles. The van der Waals surface area contributed by atoms with Crippen LogP contribution in [0.15, 0.2) is 97.1 Å². The van der Waals surface area contributed by atoms with E-state index in [0.717, 1.165) is 71.8 Å². The minimum Gasteiger partial charge on any atom is -0.453 e. The molecule has 2 aliphatic rings. The Kier molecular flexibility index (Phi) is 11.9. The minimum atomic E-state index is -0.875. The van der Waals surface area contributed by atoms with E-state index in [1.165, 1.54) is 13.8 Å². The highest BCUT2D eigenvalue weighted by Gasteiger charge is 2.34. The molecule has 0 aliphatic carbocycles. The first-order valence-electron chi connectivity index (χ1n) is 17.5. The number of amides is 1. The Labute approximate surface area is 303 Å². The van der Waals surface area contributed by atoms with Crippen molar-refractivity contribution in [3.63, 3.8) is 0 Å². The Morgan fingerprint density at radius 2 is 1.60 bits per heavy atom. The van der Waals surface area contributed by atoms with Crippen molar-refractivity contribution in [1.82, 2.24) is 10.2 Å². The molecule has 12 heteroatoms. The highest BCUT2D eigenvalue weighted by Crippen LogP contribution is 2.39. The Balaban J connectivity index is 1.15. The minimum absolute atomic E-state index is 0.0280. The molecule has 0 unspecified atom stereocenters. The van der Waals surface area contributed by atoms with Crippen LogP contribution in [0.5, 0.6) is 0 Å². The SMILES string of the molecule is CC(=O)O[C@@H](C)C(=O)NCc1cccc(-c2cccc([C@H]3O[C@@H](CN4CCN(c5ccc([N+](=O)[O-])cc5)CC4)C[C@@H](c4ccc(CO)cc4)O3)c2)c1. The molecule has 2 heterocycles. The third-order valence-electron chi connectivity index (χ3n) is 9.47. The smallest absolute Gasteiger partial charge is 0.303 e. The zero-order valence-corrected chi connectivity index (χ0v) is 29.4. The van der Waals surface area contributed by atoms with Gasteiger partial charge in [-0.1, -0.05) is 60.7 Å². The summed E-state index contributed by atoms with van der Waals surface area (Å²) in [4.78, 5) is 39.0. The molecule has 272 valence electrons. The molecule has 12 nitrogen and oxygen atoms in total. The summed E-state index contributed by atoms with van der Waals surface area (Å²) in [6.45, 7) is 7.04. The standard InChI is InChI=1S/C40H44N4O8/c1-27(50-28(2)46)39(47)41-24-30-5-3-6-32(21-30)33-7-4-8-34(22-33)40-51-37(23-38(52-40)31-11-9-29(26-45)10-12-31)25-42-17-19-43(20-18-42)35-13-15-36(16-14-35)44(48)49/h3-16,21-22,27,37-38,40,45H,17-20,23-26H2,1-2H3,(H,41,47)/t27-,37+,38-,40-/m0/s1. The molecule has 6 rings (SSSR count). The van der Waals surface area contributed by atoms with Crippen LogP contribution < -0.4 is 10.2 Å². The average Bonchev–Trinajstić information content (AvgIpc) is 3.17. The summed E-state index contributed by atoms with van der Waals surface area (Å²) < 4.78 is 18.3. The van der Waals surface area contributed by atoms with Crippen molar-refractivity contribution in [2.24, 2.45) is 0 Å². The van der Waals surface area contributed by atoms with Gasteiger partial charge in [0, 0.05) is 76.0 Å². The van der Waals surface area contributed by atoms with Gasteiger partial charge in [-0.15, -0.1) is 0 Å². The van der Waals surface area contributed by atoms with Gasteiger partial charge < -0.3 is 29.5 Å². The van der Waals surface area contributed by atoms with Crippen molar-refractivity contribution < 1.29 is 33.8 Å². The molecule has 0 radical (unpaired) electrons. The lowest BCUT2D eigenvalue weighted by molar-refractivity contribution is -0.384. The zero-order valence-electron chi connectivity index (χ0n) is 29.4. The first kappa shape index (κ1) is 36.6. The fourth-order valence-corrected chi connectivity index (χ4v) is 6.66. The number of rotatable bonds is 12. The van der Waals surface area contributed by atoms with Crippen molar-refractivity contribution >= 4 is 23.3 Å². The number of ether oxygens (including phenoxy) is 3. The third kappa shape index (κ3) is 9.39. The van der Waals surface area contributed by atoms with E-state index in [9.17, 15) is 24.8 Å². The fraction of sp³-hybridized carbons (Fsp3) is 0.350. The van der Waals surface area contributed by atoms with Gasteiger partial charge in [0.1, 0.15) is 0 Å². The second kappa shape index (κ2) is 16.9. The fourth-order valence-electron chi connectivity index (χ4n) is 6.66. The molecule has 0 spiro atoms. The molecular formula is C40H44N4O8. The van der Waals surface area contributed by atoms with Crippen LogP contribution >= 0.6 is 0 Å². The maximum Gasteiger partial charge on any atom is 0.303 e. The maximum atomic E-state index is 12.4. The summed E-state index contributed by atoms with van der Waals surface area (Å²) in [5.41, 5.74) is 6.64. The second-order valence-corrected chi connectivity index (χ2v) is 13.2. The molecule has 4 aromatic rings. The molecule has 2 N–H and O–H groups in total. The number of piperazine rings is 1. The average molecular weight is 709 g/mol. The van der Waals surface area contributed by atoms with E-state index in [1.54, 1.807) is 12.1 Å². The summed E-state index contributed by atoms with van der Waals surface area (Å²) in [7, 11) is 0. The van der Waals surface area contributed by atoms with Gasteiger partial charge in [-0.3, -0.25) is 24.6 Å². The molecule has 1 amide bonds. The number of nitrogens with one attached hydrogen (secondary N) is 1. The number of benzene rings is 4. The molecule has 0 bridgehead atoms. The number of nitro benzene ring substituents is 1. The van der Waals surface area contributed by atoms with Gasteiger partial charge in [-0.25, -0.2) is 0 Å². The van der Waals surface area contributed by atoms with Gasteiger partial charge in [0.25, 0.3) is 11.6 Å². The second-order valence-electron chi connectivity index (χ2n) is 13.2. The number of hydrogen-bond acceptors (Lipinski definition) is 10. The summed E-state index contributed by atoms with van der Waals surface area (Å²) >= 11 is 0. The lowest BCUT2D eigenvalue weighted by atomic mass is 9.98. The number of nitro groups is 1. The Morgan fingerprint density at radius 3 is 2.27 bits per heavy atom. The van der Waals surface area contributed by atoms with Crippen LogP contribution in [0.4, 0.5) is 11.4 Å². The number of esters is 1. The van der Waals surface area contributed by atoms with E-state index in [-0.39, 0.29) is 41.9 Å². The van der Waals surface area contributed by atoms with Crippen molar-refractivity contribution in [3.8, 4) is 11.1 Å². The van der Waals surface area contributed by atoms with Gasteiger partial charge in [0.2, 0.25) is 0 Å². The van der Waals surface area contributed by atoms with Gasteiger partial charge in [-0.05, 0) is 59.0 Å². The van der Waals surface area contributed by atoms with Crippen molar-refractivity contribution in [2.75, 3.05) is 37.6 Å². The van der Waals surface area contributed by atoms with Crippen molar-refractivity contribution in [2.45, 2.75) is 58.0 Å². The van der Waals surface area contributed by atoms with Crippen LogP contribution in [0.1, 0.15) is 54.9 Å². The molecule has 0 saturated carbocycles. The van der Waals surface area contributed by atoms with E-state index in [1.807, 2.05) is 78.9 Å². The first-order chi connectivity index (χ1) is 25.1. The predicted octanol–water partition coefficient (Wildman–Crippen LogP) is 5.69. The molecule has 4 aromatic carbocycles. The van der Waals surface area contributed by atoms with Crippen LogP contribution in [-0.4, -0.2) is 71.7 Å². The van der Waals surface area contributed by atoms with E-state index >= 15 is 0 Å². The number of hydrogen-bond donors (Lipinski definition) is 2. The van der Waals surface area contributed by atoms with Crippen LogP contribution in [0, 0.1) is 10.1 Å². The third-order valence-corrected chi connectivity index (χ3v) is 9.47. The number of aliphatic hydroxyl groups is 1. The van der Waals surface area contributed by atoms with Crippen LogP contribution in [-0.2, 0) is 37.0 Å². The van der Waals surface area contributed by atoms with Crippen molar-refractivity contribution in [3.05, 3.63) is 129 Å². The van der Waals surface area contributed by atoms with E-state index in [0.29, 0.717) is 6.42 Å². The van der Waals surface area contributed by atoms with E-state index < -0.39 is 18.4 Å². The monoisotopic (exact) mass is 708 g/mol. The molecule has 52 heavy (non-hydrogen) atoms. The lowest BCUT2D eigenvalue weighted by Crippen LogP contribution is -2.49. The Morgan fingerprint density at radius 1 is 0.904 bits per heavy atom. The Hall–Kier alpha value is -5.14. The quantitative estimate of drug-likeness (QED) is 0.107. The zero-order chi connectivity index (χ0) is 36.6. The number of carbonyl (C=O) groups is 2. The number of carbonyl (C=O) groups excluding carboxylic acids is 2. The van der Waals surface area contributed by atoms with Crippen molar-refractivity contribution in [1.29, 1.82) is 0 Å².